The summed E-state index contributed by atoms with van der Waals surface area (Å²) in [5.74, 6) is 0. The third-order valence-electron chi connectivity index (χ3n) is 11.0. The predicted molar refractivity (Wildman–Crippen MR) is 229 cm³/mol. The molecule has 0 spiro atoms. The smallest absolute Gasteiger partial charge is 0.136 e. The molecule has 2 nitrogen and oxygen atoms in total. The molecule has 0 unspecified atom stereocenters. The Balaban J connectivity index is 1.14. The van der Waals surface area contributed by atoms with Crippen molar-refractivity contribution in [2.45, 2.75) is 0 Å². The standard InChI is InChI=1S/C52H33NO/c1-2-12-34(13-3-1)35-24-26-39(27-25-35)53(40-28-29-51-49(33-40)48-30-36-14-4-5-15-37(36)32-52(48)54-51)50-23-11-21-43-45(20-10-22-46(43)50)47-31-38-16-6-7-17-41(38)42-18-8-9-19-44(42)47/h1-33H. The maximum absolute atomic E-state index is 6.45. The van der Waals surface area contributed by atoms with Crippen LogP contribution in [-0.2, 0) is 0 Å². The van der Waals surface area contributed by atoms with Gasteiger partial charge in [0, 0.05) is 27.5 Å². The maximum Gasteiger partial charge on any atom is 0.136 e. The molecular formula is C52H33NO. The van der Waals surface area contributed by atoms with Gasteiger partial charge in [-0.2, -0.15) is 0 Å². The molecule has 1 aromatic heterocycles. The van der Waals surface area contributed by atoms with Crippen molar-refractivity contribution in [3.05, 3.63) is 200 Å². The van der Waals surface area contributed by atoms with Crippen LogP contribution in [0.5, 0.6) is 0 Å². The molecule has 0 fully saturated rings. The monoisotopic (exact) mass is 687 g/mol. The molecule has 0 bridgehead atoms. The molecule has 0 aliphatic carbocycles. The summed E-state index contributed by atoms with van der Waals surface area (Å²) in [5, 5.41) is 12.0. The Morgan fingerprint density at radius 1 is 0.296 bits per heavy atom. The molecule has 0 aliphatic heterocycles. The van der Waals surface area contributed by atoms with Crippen molar-refractivity contribution in [3.8, 4) is 22.3 Å². The van der Waals surface area contributed by atoms with E-state index in [1.165, 1.54) is 65.3 Å². The second-order valence-electron chi connectivity index (χ2n) is 14.1. The van der Waals surface area contributed by atoms with E-state index in [-0.39, 0.29) is 0 Å². The van der Waals surface area contributed by atoms with Crippen LogP contribution in [0.4, 0.5) is 17.1 Å². The zero-order valence-electron chi connectivity index (χ0n) is 29.4. The molecule has 0 radical (unpaired) electrons. The Morgan fingerprint density at radius 2 is 0.889 bits per heavy atom. The minimum absolute atomic E-state index is 0.881. The van der Waals surface area contributed by atoms with E-state index >= 15 is 0 Å². The highest BCUT2D eigenvalue weighted by Crippen LogP contribution is 2.45. The van der Waals surface area contributed by atoms with Gasteiger partial charge >= 0.3 is 0 Å². The lowest BCUT2D eigenvalue weighted by molar-refractivity contribution is 0.669. The Morgan fingerprint density at radius 3 is 1.72 bits per heavy atom. The van der Waals surface area contributed by atoms with E-state index in [9.17, 15) is 0 Å². The number of fused-ring (bicyclic) bond motifs is 8. The largest absolute Gasteiger partial charge is 0.456 e. The van der Waals surface area contributed by atoms with Gasteiger partial charge in [-0.3, -0.25) is 0 Å². The predicted octanol–water partition coefficient (Wildman–Crippen LogP) is 15.0. The van der Waals surface area contributed by atoms with Crippen molar-refractivity contribution in [2.75, 3.05) is 4.90 Å². The average molecular weight is 688 g/mol. The molecule has 0 atom stereocenters. The molecule has 11 aromatic rings. The van der Waals surface area contributed by atoms with E-state index in [0.29, 0.717) is 0 Å². The van der Waals surface area contributed by atoms with Crippen molar-refractivity contribution < 1.29 is 4.42 Å². The first-order valence-corrected chi connectivity index (χ1v) is 18.5. The third-order valence-corrected chi connectivity index (χ3v) is 11.0. The lowest BCUT2D eigenvalue weighted by Crippen LogP contribution is -2.10. The molecule has 0 saturated carbocycles. The second kappa shape index (κ2) is 12.2. The summed E-state index contributed by atoms with van der Waals surface area (Å²) < 4.78 is 6.45. The Labute approximate surface area is 312 Å². The van der Waals surface area contributed by atoms with Gasteiger partial charge in [-0.15, -0.1) is 0 Å². The molecule has 2 heteroatoms. The van der Waals surface area contributed by atoms with Crippen molar-refractivity contribution in [1.82, 2.24) is 0 Å². The number of anilines is 3. The van der Waals surface area contributed by atoms with Crippen LogP contribution in [0.15, 0.2) is 205 Å². The highest BCUT2D eigenvalue weighted by molar-refractivity contribution is 6.17. The van der Waals surface area contributed by atoms with Gasteiger partial charge < -0.3 is 9.32 Å². The molecule has 54 heavy (non-hydrogen) atoms. The van der Waals surface area contributed by atoms with E-state index in [1.807, 2.05) is 0 Å². The third kappa shape index (κ3) is 4.88. The molecule has 252 valence electrons. The van der Waals surface area contributed by atoms with Crippen molar-refractivity contribution >= 4 is 82.1 Å². The molecule has 10 aromatic carbocycles. The number of hydrogen-bond donors (Lipinski definition) is 0. The zero-order valence-corrected chi connectivity index (χ0v) is 29.4. The van der Waals surface area contributed by atoms with E-state index in [0.717, 1.165) is 39.0 Å². The van der Waals surface area contributed by atoms with Crippen molar-refractivity contribution in [1.29, 1.82) is 0 Å². The summed E-state index contributed by atoms with van der Waals surface area (Å²) in [6.07, 6.45) is 0. The first-order valence-electron chi connectivity index (χ1n) is 18.5. The fraction of sp³-hybridized carbons (Fsp3) is 0. The maximum atomic E-state index is 6.45. The first-order chi connectivity index (χ1) is 26.8. The number of hydrogen-bond acceptors (Lipinski definition) is 2. The van der Waals surface area contributed by atoms with E-state index < -0.39 is 0 Å². The summed E-state index contributed by atoms with van der Waals surface area (Å²) in [4.78, 5) is 2.40. The van der Waals surface area contributed by atoms with E-state index in [4.69, 9.17) is 4.42 Å². The van der Waals surface area contributed by atoms with Gasteiger partial charge in [-0.25, -0.2) is 0 Å². The molecular weight excluding hydrogens is 655 g/mol. The Bertz CT molecular complexity index is 3210. The van der Waals surface area contributed by atoms with Gasteiger partial charge in [0.05, 0.1) is 5.69 Å². The van der Waals surface area contributed by atoms with Crippen LogP contribution in [0, 0.1) is 0 Å². The minimum atomic E-state index is 0.881. The fourth-order valence-corrected chi connectivity index (χ4v) is 8.45. The molecule has 0 saturated heterocycles. The molecule has 0 aliphatic rings. The van der Waals surface area contributed by atoms with Gasteiger partial charge in [0.1, 0.15) is 11.2 Å². The molecule has 0 N–H and O–H groups in total. The summed E-state index contributed by atoms with van der Waals surface area (Å²) in [5.41, 5.74) is 9.90. The molecule has 11 rings (SSSR count). The summed E-state index contributed by atoms with van der Waals surface area (Å²) in [6, 6.07) is 72.4. The molecule has 0 amide bonds. The van der Waals surface area contributed by atoms with Crippen LogP contribution in [0.2, 0.25) is 0 Å². The second-order valence-corrected chi connectivity index (χ2v) is 14.1. The topological polar surface area (TPSA) is 16.4 Å². The van der Waals surface area contributed by atoms with Crippen LogP contribution in [0.1, 0.15) is 0 Å². The van der Waals surface area contributed by atoms with Gasteiger partial charge in [-0.05, 0) is 115 Å². The van der Waals surface area contributed by atoms with Crippen LogP contribution in [0.3, 0.4) is 0 Å². The van der Waals surface area contributed by atoms with Gasteiger partial charge in [0.2, 0.25) is 0 Å². The lowest BCUT2D eigenvalue weighted by Gasteiger charge is -2.27. The van der Waals surface area contributed by atoms with E-state index in [2.05, 4.69) is 205 Å². The first kappa shape index (κ1) is 30.5. The Kier molecular flexibility index (Phi) is 6.90. The highest BCUT2D eigenvalue weighted by atomic mass is 16.3. The number of rotatable bonds is 5. The van der Waals surface area contributed by atoms with Gasteiger partial charge in [0.15, 0.2) is 0 Å². The van der Waals surface area contributed by atoms with Gasteiger partial charge in [0.25, 0.3) is 0 Å². The summed E-state index contributed by atoms with van der Waals surface area (Å²) >= 11 is 0. The van der Waals surface area contributed by atoms with Crippen molar-refractivity contribution in [3.63, 3.8) is 0 Å². The van der Waals surface area contributed by atoms with Crippen LogP contribution < -0.4 is 4.90 Å². The molecule has 1 heterocycles. The number of furan rings is 1. The van der Waals surface area contributed by atoms with Crippen molar-refractivity contribution in [2.24, 2.45) is 0 Å². The van der Waals surface area contributed by atoms with Crippen LogP contribution in [-0.4, -0.2) is 0 Å². The lowest BCUT2D eigenvalue weighted by atomic mass is 9.90. The van der Waals surface area contributed by atoms with E-state index in [1.54, 1.807) is 0 Å². The number of nitrogens with zero attached hydrogens (tertiary/aromatic N) is 1. The van der Waals surface area contributed by atoms with Gasteiger partial charge in [-0.1, -0.05) is 146 Å². The average Bonchev–Trinajstić information content (AvgIpc) is 3.59. The highest BCUT2D eigenvalue weighted by Gasteiger charge is 2.20. The summed E-state index contributed by atoms with van der Waals surface area (Å²) in [6.45, 7) is 0. The SMILES string of the molecule is c1ccc(-c2ccc(N(c3ccc4oc5cc6ccccc6cc5c4c3)c3cccc4c(-c5cc6ccccc6c6ccccc56)cccc34)cc2)cc1. The summed E-state index contributed by atoms with van der Waals surface area (Å²) in [7, 11) is 0. The van der Waals surface area contributed by atoms with Crippen LogP contribution in [0.25, 0.3) is 87.3 Å². The number of benzene rings is 10. The fourth-order valence-electron chi connectivity index (χ4n) is 8.45. The normalized spacial score (nSPS) is 11.7. The Hall–Kier alpha value is -7.16. The van der Waals surface area contributed by atoms with Crippen LogP contribution >= 0.6 is 0 Å². The zero-order chi connectivity index (χ0) is 35.6. The quantitative estimate of drug-likeness (QED) is 0.168. The minimum Gasteiger partial charge on any atom is -0.456 e.